The molecule has 30 heavy (non-hydrogen) atoms. The molecule has 0 radical (unpaired) electrons. The van der Waals surface area contributed by atoms with E-state index in [0.717, 1.165) is 12.8 Å². The average Bonchev–Trinajstić information content (AvgIpc) is 3.40. The molecule has 3 aromatic rings. The van der Waals surface area contributed by atoms with E-state index in [4.69, 9.17) is 0 Å². The second-order valence-electron chi connectivity index (χ2n) is 7.03. The molecule has 1 fully saturated rings. The first kappa shape index (κ1) is 20.5. The minimum atomic E-state index is -3.89. The summed E-state index contributed by atoms with van der Waals surface area (Å²) in [5.74, 6) is 0.604. The highest BCUT2D eigenvalue weighted by atomic mass is 32.2. The van der Waals surface area contributed by atoms with Gasteiger partial charge in [0.05, 0.1) is 9.79 Å². The summed E-state index contributed by atoms with van der Waals surface area (Å²) in [5.41, 5.74) is 1.08. The van der Waals surface area contributed by atoms with Crippen molar-refractivity contribution in [3.8, 4) is 11.4 Å². The molecule has 0 spiro atoms. The zero-order valence-corrected chi connectivity index (χ0v) is 17.9. The summed E-state index contributed by atoms with van der Waals surface area (Å²) in [6.45, 7) is 0.984. The molecule has 1 saturated heterocycles. The van der Waals surface area contributed by atoms with Crippen LogP contribution in [0.2, 0.25) is 0 Å². The molecule has 0 unspecified atom stereocenters. The molecule has 0 atom stereocenters. The first-order chi connectivity index (χ1) is 14.3. The van der Waals surface area contributed by atoms with E-state index in [1.165, 1.54) is 28.6 Å². The van der Waals surface area contributed by atoms with Gasteiger partial charge in [0.1, 0.15) is 6.33 Å². The second-order valence-corrected chi connectivity index (χ2v) is 10.7. The standard InChI is InChI=1S/C19H21N5O4S2/c1-23-14-20-21-19(23)15-5-4-6-16(13-15)22-29(25,26)17-7-9-18(10-8-17)30(27,28)24-11-2-3-12-24/h4-10,13-14,22H,2-3,11-12H2,1H3. The first-order valence-corrected chi connectivity index (χ1v) is 12.3. The molecule has 9 nitrogen and oxygen atoms in total. The Morgan fingerprint density at radius 1 is 0.933 bits per heavy atom. The highest BCUT2D eigenvalue weighted by Gasteiger charge is 2.27. The van der Waals surface area contributed by atoms with Crippen molar-refractivity contribution in [2.24, 2.45) is 7.05 Å². The summed E-state index contributed by atoms with van der Waals surface area (Å²) in [6.07, 6.45) is 3.23. The summed E-state index contributed by atoms with van der Waals surface area (Å²) < 4.78 is 56.5. The molecule has 2 heterocycles. The van der Waals surface area contributed by atoms with Crippen LogP contribution in [0.4, 0.5) is 5.69 Å². The van der Waals surface area contributed by atoms with Crippen LogP contribution < -0.4 is 4.72 Å². The number of hydrogen-bond acceptors (Lipinski definition) is 6. The van der Waals surface area contributed by atoms with Gasteiger partial charge in [-0.3, -0.25) is 4.72 Å². The van der Waals surface area contributed by atoms with E-state index in [-0.39, 0.29) is 9.79 Å². The molecule has 1 aromatic heterocycles. The van der Waals surface area contributed by atoms with Crippen LogP contribution in [-0.4, -0.2) is 49.0 Å². The molecule has 1 aliphatic heterocycles. The normalized spacial score (nSPS) is 15.4. The molecule has 0 aliphatic carbocycles. The average molecular weight is 448 g/mol. The molecule has 4 rings (SSSR count). The van der Waals surface area contributed by atoms with Crippen LogP contribution in [-0.2, 0) is 27.1 Å². The van der Waals surface area contributed by atoms with Crippen LogP contribution in [0.5, 0.6) is 0 Å². The van der Waals surface area contributed by atoms with E-state index in [9.17, 15) is 16.8 Å². The van der Waals surface area contributed by atoms with E-state index >= 15 is 0 Å². The maximum absolute atomic E-state index is 12.8. The zero-order chi connectivity index (χ0) is 21.4. The monoisotopic (exact) mass is 447 g/mol. The van der Waals surface area contributed by atoms with Crippen molar-refractivity contribution >= 4 is 25.7 Å². The Morgan fingerprint density at radius 3 is 2.23 bits per heavy atom. The Hall–Kier alpha value is -2.76. The predicted octanol–water partition coefficient (Wildman–Crippen LogP) is 2.07. The summed E-state index contributed by atoms with van der Waals surface area (Å²) >= 11 is 0. The summed E-state index contributed by atoms with van der Waals surface area (Å²) in [6, 6.07) is 12.1. The van der Waals surface area contributed by atoms with Gasteiger partial charge in [-0.2, -0.15) is 4.31 Å². The van der Waals surface area contributed by atoms with Crippen molar-refractivity contribution < 1.29 is 16.8 Å². The molecule has 158 valence electrons. The maximum Gasteiger partial charge on any atom is 0.261 e. The van der Waals surface area contributed by atoms with Crippen LogP contribution in [0.1, 0.15) is 12.8 Å². The minimum absolute atomic E-state index is 0.0214. The van der Waals surface area contributed by atoms with E-state index in [1.54, 1.807) is 42.2 Å². The molecule has 1 N–H and O–H groups in total. The second kappa shape index (κ2) is 7.82. The lowest BCUT2D eigenvalue weighted by Gasteiger charge is -2.16. The molecule has 0 saturated carbocycles. The SMILES string of the molecule is Cn1cnnc1-c1cccc(NS(=O)(=O)c2ccc(S(=O)(=O)N3CCCC3)cc2)c1. The Kier molecular flexibility index (Phi) is 5.35. The minimum Gasteiger partial charge on any atom is -0.317 e. The van der Waals surface area contributed by atoms with Crippen LogP contribution in [0, 0.1) is 0 Å². The van der Waals surface area contributed by atoms with Crippen LogP contribution in [0.15, 0.2) is 64.6 Å². The predicted molar refractivity (Wildman–Crippen MR) is 112 cm³/mol. The highest BCUT2D eigenvalue weighted by Crippen LogP contribution is 2.25. The van der Waals surface area contributed by atoms with Gasteiger partial charge in [-0.25, -0.2) is 16.8 Å². The Balaban J connectivity index is 1.56. The van der Waals surface area contributed by atoms with Crippen LogP contribution in [0.3, 0.4) is 0 Å². The van der Waals surface area contributed by atoms with Gasteiger partial charge in [0.25, 0.3) is 10.0 Å². The molecule has 2 aromatic carbocycles. The molecule has 1 aliphatic rings. The fraction of sp³-hybridized carbons (Fsp3) is 0.263. The van der Waals surface area contributed by atoms with Gasteiger partial charge in [-0.05, 0) is 49.2 Å². The van der Waals surface area contributed by atoms with Crippen molar-refractivity contribution in [3.63, 3.8) is 0 Å². The summed E-state index contributed by atoms with van der Waals surface area (Å²) in [7, 11) is -5.69. The largest absolute Gasteiger partial charge is 0.317 e. The third-order valence-corrected chi connectivity index (χ3v) is 8.23. The number of hydrogen-bond donors (Lipinski definition) is 1. The number of nitrogens with one attached hydrogen (secondary N) is 1. The summed E-state index contributed by atoms with van der Waals surface area (Å²) in [5, 5.41) is 7.85. The quantitative estimate of drug-likeness (QED) is 0.619. The van der Waals surface area contributed by atoms with Gasteiger partial charge in [0.2, 0.25) is 10.0 Å². The third-order valence-electron chi connectivity index (χ3n) is 4.92. The molecule has 11 heteroatoms. The smallest absolute Gasteiger partial charge is 0.261 e. The Morgan fingerprint density at radius 2 is 1.60 bits per heavy atom. The van der Waals surface area contributed by atoms with Crippen LogP contribution in [0.25, 0.3) is 11.4 Å². The van der Waals surface area contributed by atoms with E-state index in [1.807, 2.05) is 0 Å². The Bertz CT molecular complexity index is 1260. The third kappa shape index (κ3) is 3.95. The van der Waals surface area contributed by atoms with E-state index in [0.29, 0.717) is 30.2 Å². The Labute approximate surface area is 175 Å². The van der Waals surface area contributed by atoms with E-state index in [2.05, 4.69) is 14.9 Å². The number of aryl methyl sites for hydroxylation is 1. The zero-order valence-electron chi connectivity index (χ0n) is 16.3. The molecule has 0 amide bonds. The fourth-order valence-electron chi connectivity index (χ4n) is 3.35. The van der Waals surface area contributed by atoms with Gasteiger partial charge in [0, 0.05) is 31.4 Å². The summed E-state index contributed by atoms with van der Waals surface area (Å²) in [4.78, 5) is 0.0690. The van der Waals surface area contributed by atoms with Crippen molar-refractivity contribution in [2.45, 2.75) is 22.6 Å². The number of rotatable bonds is 6. The van der Waals surface area contributed by atoms with Crippen LogP contribution >= 0.6 is 0 Å². The number of benzene rings is 2. The van der Waals surface area contributed by atoms with Crippen molar-refractivity contribution in [3.05, 3.63) is 54.9 Å². The number of sulfonamides is 2. The molecule has 0 bridgehead atoms. The number of nitrogens with zero attached hydrogens (tertiary/aromatic N) is 4. The maximum atomic E-state index is 12.8. The van der Waals surface area contributed by atoms with Gasteiger partial charge in [0.15, 0.2) is 5.82 Å². The topological polar surface area (TPSA) is 114 Å². The number of aromatic nitrogens is 3. The number of anilines is 1. The molecular weight excluding hydrogens is 426 g/mol. The first-order valence-electron chi connectivity index (χ1n) is 9.35. The van der Waals surface area contributed by atoms with Crippen molar-refractivity contribution in [1.29, 1.82) is 0 Å². The van der Waals surface area contributed by atoms with Gasteiger partial charge in [-0.15, -0.1) is 10.2 Å². The van der Waals surface area contributed by atoms with Gasteiger partial charge < -0.3 is 4.57 Å². The van der Waals surface area contributed by atoms with Crippen molar-refractivity contribution in [2.75, 3.05) is 17.8 Å². The lowest BCUT2D eigenvalue weighted by atomic mass is 10.2. The lowest BCUT2D eigenvalue weighted by Crippen LogP contribution is -2.27. The fourth-order valence-corrected chi connectivity index (χ4v) is 5.92. The van der Waals surface area contributed by atoms with Gasteiger partial charge >= 0.3 is 0 Å². The van der Waals surface area contributed by atoms with Gasteiger partial charge in [-0.1, -0.05) is 12.1 Å². The highest BCUT2D eigenvalue weighted by molar-refractivity contribution is 7.92. The lowest BCUT2D eigenvalue weighted by molar-refractivity contribution is 0.477. The van der Waals surface area contributed by atoms with Crippen molar-refractivity contribution in [1.82, 2.24) is 19.1 Å². The van der Waals surface area contributed by atoms with E-state index < -0.39 is 20.0 Å². The molecular formula is C19H21N5O4S2.